The zero-order chi connectivity index (χ0) is 14.4. The van der Waals surface area contributed by atoms with E-state index in [0.717, 1.165) is 32.5 Å². The monoisotopic (exact) mass is 279 g/mol. The molecule has 5 nitrogen and oxygen atoms in total. The van der Waals surface area contributed by atoms with Gasteiger partial charge < -0.3 is 19.5 Å². The highest BCUT2D eigenvalue weighted by Gasteiger charge is 2.17. The van der Waals surface area contributed by atoms with E-state index in [9.17, 15) is 4.79 Å². The lowest BCUT2D eigenvalue weighted by Crippen LogP contribution is -2.32. The van der Waals surface area contributed by atoms with Gasteiger partial charge in [-0.1, -0.05) is 12.1 Å². The molecule has 20 heavy (non-hydrogen) atoms. The molecule has 0 bridgehead atoms. The van der Waals surface area contributed by atoms with Crippen LogP contribution < -0.4 is 4.74 Å². The van der Waals surface area contributed by atoms with Crippen LogP contribution in [0.15, 0.2) is 24.3 Å². The van der Waals surface area contributed by atoms with Crippen LogP contribution in [0, 0.1) is 0 Å². The zero-order valence-corrected chi connectivity index (χ0v) is 11.7. The van der Waals surface area contributed by atoms with E-state index in [0.29, 0.717) is 18.5 Å². The van der Waals surface area contributed by atoms with E-state index in [1.54, 1.807) is 24.3 Å². The van der Waals surface area contributed by atoms with Crippen LogP contribution in [0.3, 0.4) is 0 Å². The maximum atomic E-state index is 11.0. The normalized spacial score (nSPS) is 18.4. The Kier molecular flexibility index (Phi) is 5.38. The number of carbonyl (C=O) groups is 1. The van der Waals surface area contributed by atoms with Gasteiger partial charge in [0.25, 0.3) is 0 Å². The van der Waals surface area contributed by atoms with Crippen molar-refractivity contribution in [2.24, 2.45) is 0 Å². The van der Waals surface area contributed by atoms with Crippen molar-refractivity contribution in [2.45, 2.75) is 18.9 Å². The minimum atomic E-state index is -0.965. The Morgan fingerprint density at radius 3 is 3.00 bits per heavy atom. The van der Waals surface area contributed by atoms with E-state index in [4.69, 9.17) is 14.6 Å². The Morgan fingerprint density at radius 2 is 2.30 bits per heavy atom. The van der Waals surface area contributed by atoms with Crippen LogP contribution in [0.2, 0.25) is 0 Å². The van der Waals surface area contributed by atoms with Crippen LogP contribution in [-0.4, -0.2) is 55.4 Å². The first-order valence-electron chi connectivity index (χ1n) is 6.92. The van der Waals surface area contributed by atoms with Crippen molar-refractivity contribution in [3.8, 4) is 5.75 Å². The number of carboxylic acid groups (broad SMARTS) is 1. The lowest BCUT2D eigenvalue weighted by Gasteiger charge is -2.20. The molecule has 0 radical (unpaired) electrons. The van der Waals surface area contributed by atoms with Crippen molar-refractivity contribution in [1.29, 1.82) is 0 Å². The first-order chi connectivity index (χ1) is 9.66. The number of likely N-dealkylation sites (N-methyl/N-ethyl adjacent to an activating group) is 1. The molecular formula is C15H21NO4. The van der Waals surface area contributed by atoms with Crippen LogP contribution >= 0.6 is 0 Å². The number of hydrogen-bond donors (Lipinski definition) is 1. The second kappa shape index (κ2) is 7.26. The van der Waals surface area contributed by atoms with Gasteiger partial charge in [-0.2, -0.15) is 0 Å². The smallest absolute Gasteiger partial charge is 0.339 e. The van der Waals surface area contributed by atoms with Crippen molar-refractivity contribution in [1.82, 2.24) is 4.90 Å². The second-order valence-corrected chi connectivity index (χ2v) is 5.05. The Balaban J connectivity index is 1.76. The molecule has 0 aromatic heterocycles. The number of rotatable bonds is 7. The fraction of sp³-hybridized carbons (Fsp3) is 0.533. The Morgan fingerprint density at radius 1 is 1.50 bits per heavy atom. The van der Waals surface area contributed by atoms with Crippen LogP contribution in [0.5, 0.6) is 5.75 Å². The molecule has 110 valence electrons. The Labute approximate surface area is 119 Å². The molecule has 1 aromatic carbocycles. The molecule has 1 aliphatic heterocycles. The summed E-state index contributed by atoms with van der Waals surface area (Å²) < 4.78 is 11.1. The van der Waals surface area contributed by atoms with Gasteiger partial charge in [-0.05, 0) is 32.0 Å². The van der Waals surface area contributed by atoms with Crippen molar-refractivity contribution >= 4 is 5.97 Å². The van der Waals surface area contributed by atoms with E-state index < -0.39 is 5.97 Å². The fourth-order valence-electron chi connectivity index (χ4n) is 2.31. The van der Waals surface area contributed by atoms with Gasteiger partial charge in [0.15, 0.2) is 0 Å². The summed E-state index contributed by atoms with van der Waals surface area (Å²) in [5, 5.41) is 9.06. The summed E-state index contributed by atoms with van der Waals surface area (Å²) in [5.74, 6) is -0.543. The highest BCUT2D eigenvalue weighted by molar-refractivity contribution is 5.90. The maximum Gasteiger partial charge on any atom is 0.339 e. The SMILES string of the molecule is CN(CCOc1ccccc1C(=O)O)CC1CCCO1. The lowest BCUT2D eigenvalue weighted by atomic mass is 10.2. The number of para-hydroxylation sites is 1. The first-order valence-corrected chi connectivity index (χ1v) is 6.92. The maximum absolute atomic E-state index is 11.0. The van der Waals surface area contributed by atoms with Crippen molar-refractivity contribution < 1.29 is 19.4 Å². The predicted octanol–water partition coefficient (Wildman–Crippen LogP) is 1.87. The molecule has 1 aromatic rings. The van der Waals surface area contributed by atoms with Gasteiger partial charge >= 0.3 is 5.97 Å². The average Bonchev–Trinajstić information content (AvgIpc) is 2.92. The van der Waals surface area contributed by atoms with E-state index in [1.165, 1.54) is 0 Å². The Bertz CT molecular complexity index is 443. The summed E-state index contributed by atoms with van der Waals surface area (Å²) in [6.07, 6.45) is 2.58. The molecular weight excluding hydrogens is 258 g/mol. The lowest BCUT2D eigenvalue weighted by molar-refractivity contribution is 0.0689. The zero-order valence-electron chi connectivity index (χ0n) is 11.7. The molecule has 1 fully saturated rings. The fourth-order valence-corrected chi connectivity index (χ4v) is 2.31. The van der Waals surface area contributed by atoms with Gasteiger partial charge in [0.05, 0.1) is 6.10 Å². The molecule has 1 N–H and O–H groups in total. The molecule has 2 rings (SSSR count). The van der Waals surface area contributed by atoms with Gasteiger partial charge in [0, 0.05) is 19.7 Å². The predicted molar refractivity (Wildman–Crippen MR) is 75.4 cm³/mol. The number of aromatic carboxylic acids is 1. The average molecular weight is 279 g/mol. The molecule has 0 aliphatic carbocycles. The summed E-state index contributed by atoms with van der Waals surface area (Å²) in [7, 11) is 2.02. The topological polar surface area (TPSA) is 59.0 Å². The molecule has 1 aliphatic rings. The molecule has 1 heterocycles. The first kappa shape index (κ1) is 14.8. The van der Waals surface area contributed by atoms with E-state index in [-0.39, 0.29) is 5.56 Å². The van der Waals surface area contributed by atoms with Gasteiger partial charge in [0.1, 0.15) is 17.9 Å². The number of carboxylic acids is 1. The third-order valence-electron chi connectivity index (χ3n) is 3.39. The van der Waals surface area contributed by atoms with E-state index in [1.807, 2.05) is 7.05 Å². The molecule has 0 saturated carbocycles. The molecule has 5 heteroatoms. The summed E-state index contributed by atoms with van der Waals surface area (Å²) in [6.45, 7) is 2.96. The van der Waals surface area contributed by atoms with Crippen LogP contribution in [0.4, 0.5) is 0 Å². The Hall–Kier alpha value is -1.59. The van der Waals surface area contributed by atoms with Gasteiger partial charge in [-0.25, -0.2) is 4.79 Å². The summed E-state index contributed by atoms with van der Waals surface area (Å²) in [6, 6.07) is 6.70. The summed E-state index contributed by atoms with van der Waals surface area (Å²) in [4.78, 5) is 13.2. The van der Waals surface area contributed by atoms with Gasteiger partial charge in [0.2, 0.25) is 0 Å². The molecule has 1 unspecified atom stereocenters. The van der Waals surface area contributed by atoms with E-state index >= 15 is 0 Å². The molecule has 0 amide bonds. The van der Waals surface area contributed by atoms with Gasteiger partial charge in [-0.3, -0.25) is 0 Å². The number of hydrogen-bond acceptors (Lipinski definition) is 4. The highest BCUT2D eigenvalue weighted by atomic mass is 16.5. The summed E-state index contributed by atoms with van der Waals surface area (Å²) >= 11 is 0. The third kappa shape index (κ3) is 4.21. The highest BCUT2D eigenvalue weighted by Crippen LogP contribution is 2.17. The van der Waals surface area contributed by atoms with Crippen molar-refractivity contribution in [3.05, 3.63) is 29.8 Å². The quantitative estimate of drug-likeness (QED) is 0.825. The van der Waals surface area contributed by atoms with E-state index in [2.05, 4.69) is 4.90 Å². The molecule has 1 atom stereocenters. The van der Waals surface area contributed by atoms with Crippen LogP contribution in [-0.2, 0) is 4.74 Å². The van der Waals surface area contributed by atoms with Crippen molar-refractivity contribution in [2.75, 3.05) is 33.4 Å². The minimum Gasteiger partial charge on any atom is -0.491 e. The molecule has 1 saturated heterocycles. The van der Waals surface area contributed by atoms with Crippen LogP contribution in [0.25, 0.3) is 0 Å². The van der Waals surface area contributed by atoms with Crippen molar-refractivity contribution in [3.63, 3.8) is 0 Å². The second-order valence-electron chi connectivity index (χ2n) is 5.05. The number of benzene rings is 1. The summed E-state index contributed by atoms with van der Waals surface area (Å²) in [5.41, 5.74) is 0.203. The molecule has 0 spiro atoms. The largest absolute Gasteiger partial charge is 0.491 e. The standard InChI is InChI=1S/C15H21NO4/c1-16(11-12-5-4-9-19-12)8-10-20-14-7-3-2-6-13(14)15(17)18/h2-3,6-7,12H,4-5,8-11H2,1H3,(H,17,18). The number of nitrogens with zero attached hydrogens (tertiary/aromatic N) is 1. The van der Waals surface area contributed by atoms with Crippen LogP contribution in [0.1, 0.15) is 23.2 Å². The van der Waals surface area contributed by atoms with Gasteiger partial charge in [-0.15, -0.1) is 0 Å². The minimum absolute atomic E-state index is 0.203. The number of ether oxygens (including phenoxy) is 2. The third-order valence-corrected chi connectivity index (χ3v) is 3.39.